The lowest BCUT2D eigenvalue weighted by atomic mass is 10.0. The fourth-order valence-corrected chi connectivity index (χ4v) is 4.35. The highest BCUT2D eigenvalue weighted by Crippen LogP contribution is 2.26. The highest BCUT2D eigenvalue weighted by atomic mass is 32.2. The van der Waals surface area contributed by atoms with E-state index < -0.39 is 10.0 Å². The summed E-state index contributed by atoms with van der Waals surface area (Å²) in [7, 11) is -1.55. The summed E-state index contributed by atoms with van der Waals surface area (Å²) in [6.07, 6.45) is 5.19. The van der Waals surface area contributed by atoms with Crippen LogP contribution in [0.4, 0.5) is 0 Å². The number of benzene rings is 1. The third-order valence-corrected chi connectivity index (χ3v) is 6.03. The van der Waals surface area contributed by atoms with Crippen molar-refractivity contribution in [1.29, 1.82) is 0 Å². The average Bonchev–Trinajstić information content (AvgIpc) is 2.61. The highest BCUT2D eigenvalue weighted by Gasteiger charge is 2.24. The second kappa shape index (κ2) is 9.39. The minimum absolute atomic E-state index is 0.0765. The van der Waals surface area contributed by atoms with E-state index in [9.17, 15) is 8.42 Å². The molecule has 5 nitrogen and oxygen atoms in total. The van der Waals surface area contributed by atoms with Crippen LogP contribution in [0.15, 0.2) is 24.3 Å². The first-order chi connectivity index (χ1) is 11.6. The molecule has 136 valence electrons. The SMILES string of the molecule is CCCCS(=O)(=O)NCC(c1ccc(OC)cc1)N1CCCCC1. The average molecular weight is 355 g/mol. The lowest BCUT2D eigenvalue weighted by molar-refractivity contribution is 0.164. The first kappa shape index (κ1) is 19.2. The Morgan fingerprint density at radius 3 is 2.42 bits per heavy atom. The van der Waals surface area contributed by atoms with E-state index in [0.29, 0.717) is 13.0 Å². The standard InChI is InChI=1S/C18H30N2O3S/c1-3-4-14-24(21,22)19-15-18(20-12-6-5-7-13-20)16-8-10-17(23-2)11-9-16/h8-11,18-19H,3-7,12-15H2,1-2H3. The second-order valence-corrected chi connectivity index (χ2v) is 8.33. The molecule has 1 atom stereocenters. The molecule has 24 heavy (non-hydrogen) atoms. The molecule has 1 aliphatic rings. The zero-order valence-corrected chi connectivity index (χ0v) is 15.6. The number of unbranched alkanes of at least 4 members (excludes halogenated alkanes) is 1. The van der Waals surface area contributed by atoms with Crippen molar-refractivity contribution in [3.63, 3.8) is 0 Å². The van der Waals surface area contributed by atoms with Gasteiger partial charge in [-0.05, 0) is 50.0 Å². The number of likely N-dealkylation sites (tertiary alicyclic amines) is 1. The van der Waals surface area contributed by atoms with Crippen LogP contribution in [0, 0.1) is 0 Å². The first-order valence-electron chi connectivity index (χ1n) is 8.91. The topological polar surface area (TPSA) is 58.6 Å². The Morgan fingerprint density at radius 1 is 1.17 bits per heavy atom. The van der Waals surface area contributed by atoms with Gasteiger partial charge in [0.15, 0.2) is 0 Å². The fraction of sp³-hybridized carbons (Fsp3) is 0.667. The summed E-state index contributed by atoms with van der Waals surface area (Å²) in [5.74, 6) is 1.03. The van der Waals surface area contributed by atoms with Crippen LogP contribution < -0.4 is 9.46 Å². The van der Waals surface area contributed by atoms with Crippen LogP contribution in [-0.2, 0) is 10.0 Å². The molecule has 1 unspecified atom stereocenters. The number of nitrogens with zero attached hydrogens (tertiary/aromatic N) is 1. The van der Waals surface area contributed by atoms with E-state index in [1.165, 1.54) is 19.3 Å². The number of rotatable bonds is 9. The molecule has 1 saturated heterocycles. The Bertz CT molecular complexity index is 581. The van der Waals surface area contributed by atoms with Gasteiger partial charge in [0.1, 0.15) is 5.75 Å². The number of hydrogen-bond acceptors (Lipinski definition) is 4. The maximum absolute atomic E-state index is 12.2. The Labute approximate surface area is 146 Å². The lowest BCUT2D eigenvalue weighted by Gasteiger charge is -2.35. The lowest BCUT2D eigenvalue weighted by Crippen LogP contribution is -2.41. The van der Waals surface area contributed by atoms with Crippen molar-refractivity contribution in [3.8, 4) is 5.75 Å². The zero-order valence-electron chi connectivity index (χ0n) is 14.8. The van der Waals surface area contributed by atoms with Gasteiger partial charge >= 0.3 is 0 Å². The zero-order chi connectivity index (χ0) is 17.4. The normalized spacial score (nSPS) is 17.6. The van der Waals surface area contributed by atoms with Gasteiger partial charge in [-0.1, -0.05) is 31.9 Å². The summed E-state index contributed by atoms with van der Waals surface area (Å²) in [5, 5.41) is 0. The largest absolute Gasteiger partial charge is 0.497 e. The minimum Gasteiger partial charge on any atom is -0.497 e. The molecule has 6 heteroatoms. The van der Waals surface area contributed by atoms with Gasteiger partial charge in [-0.25, -0.2) is 13.1 Å². The van der Waals surface area contributed by atoms with Crippen molar-refractivity contribution in [2.75, 3.05) is 32.5 Å². The van der Waals surface area contributed by atoms with Crippen LogP contribution in [0.1, 0.15) is 50.6 Å². The molecule has 0 aliphatic carbocycles. The highest BCUT2D eigenvalue weighted by molar-refractivity contribution is 7.89. The van der Waals surface area contributed by atoms with Crippen LogP contribution in [-0.4, -0.2) is 45.8 Å². The molecule has 0 aromatic heterocycles. The maximum Gasteiger partial charge on any atom is 0.211 e. The van der Waals surface area contributed by atoms with E-state index in [1.807, 2.05) is 31.2 Å². The van der Waals surface area contributed by atoms with Gasteiger partial charge in [0.2, 0.25) is 10.0 Å². The summed E-state index contributed by atoms with van der Waals surface area (Å²) in [6, 6.07) is 8.04. The fourth-order valence-electron chi connectivity index (χ4n) is 3.13. The van der Waals surface area contributed by atoms with Gasteiger partial charge in [0, 0.05) is 12.6 Å². The monoisotopic (exact) mass is 354 g/mol. The van der Waals surface area contributed by atoms with E-state index >= 15 is 0 Å². The van der Waals surface area contributed by atoms with Gasteiger partial charge in [-0.2, -0.15) is 0 Å². The van der Waals surface area contributed by atoms with Gasteiger partial charge in [0.25, 0.3) is 0 Å². The molecule has 2 rings (SSSR count). The molecular formula is C18H30N2O3S. The van der Waals surface area contributed by atoms with Crippen molar-refractivity contribution in [2.24, 2.45) is 0 Å². The smallest absolute Gasteiger partial charge is 0.211 e. The number of hydrogen-bond donors (Lipinski definition) is 1. The summed E-state index contributed by atoms with van der Waals surface area (Å²) in [6.45, 7) is 4.47. The van der Waals surface area contributed by atoms with Gasteiger partial charge in [-0.3, -0.25) is 4.90 Å². The minimum atomic E-state index is -3.20. The molecular weight excluding hydrogens is 324 g/mol. The van der Waals surface area contributed by atoms with Crippen molar-refractivity contribution in [1.82, 2.24) is 9.62 Å². The molecule has 0 spiro atoms. The Morgan fingerprint density at radius 2 is 1.83 bits per heavy atom. The van der Waals surface area contributed by atoms with Crippen molar-refractivity contribution >= 4 is 10.0 Å². The number of piperidine rings is 1. The predicted molar refractivity (Wildman–Crippen MR) is 97.9 cm³/mol. The van der Waals surface area contributed by atoms with Gasteiger partial charge < -0.3 is 4.74 Å². The molecule has 0 saturated carbocycles. The quantitative estimate of drug-likeness (QED) is 0.741. The van der Waals surface area contributed by atoms with Crippen molar-refractivity contribution < 1.29 is 13.2 Å². The van der Waals surface area contributed by atoms with Crippen molar-refractivity contribution in [3.05, 3.63) is 29.8 Å². The van der Waals surface area contributed by atoms with E-state index in [-0.39, 0.29) is 11.8 Å². The molecule has 0 amide bonds. The molecule has 1 aliphatic heterocycles. The van der Waals surface area contributed by atoms with Crippen LogP contribution >= 0.6 is 0 Å². The summed E-state index contributed by atoms with van der Waals surface area (Å²) in [4.78, 5) is 2.40. The molecule has 1 aromatic rings. The predicted octanol–water partition coefficient (Wildman–Crippen LogP) is 2.94. The first-order valence-corrected chi connectivity index (χ1v) is 10.6. The molecule has 1 aromatic carbocycles. The third kappa shape index (κ3) is 5.76. The molecule has 1 heterocycles. The van der Waals surface area contributed by atoms with Crippen molar-refractivity contribution in [2.45, 2.75) is 45.1 Å². The Hall–Kier alpha value is -1.11. The molecule has 1 fully saturated rings. The Kier molecular flexibility index (Phi) is 7.52. The molecule has 0 radical (unpaired) electrons. The van der Waals surface area contributed by atoms with Crippen LogP contribution in [0.2, 0.25) is 0 Å². The van der Waals surface area contributed by atoms with E-state index in [0.717, 1.165) is 30.8 Å². The number of sulfonamides is 1. The second-order valence-electron chi connectivity index (χ2n) is 6.41. The van der Waals surface area contributed by atoms with Gasteiger partial charge in [-0.15, -0.1) is 0 Å². The summed E-state index contributed by atoms with van der Waals surface area (Å²) < 4.78 is 32.4. The number of methoxy groups -OCH3 is 1. The Balaban J connectivity index is 2.10. The van der Waals surface area contributed by atoms with Gasteiger partial charge in [0.05, 0.1) is 12.9 Å². The van der Waals surface area contributed by atoms with Crippen LogP contribution in [0.3, 0.4) is 0 Å². The number of nitrogens with one attached hydrogen (secondary N) is 1. The molecule has 0 bridgehead atoms. The van der Waals surface area contributed by atoms with Crippen LogP contribution in [0.5, 0.6) is 5.75 Å². The van der Waals surface area contributed by atoms with Crippen LogP contribution in [0.25, 0.3) is 0 Å². The maximum atomic E-state index is 12.2. The summed E-state index contributed by atoms with van der Waals surface area (Å²) >= 11 is 0. The van der Waals surface area contributed by atoms with E-state index in [1.54, 1.807) is 7.11 Å². The summed E-state index contributed by atoms with van der Waals surface area (Å²) in [5.41, 5.74) is 1.14. The van der Waals surface area contributed by atoms with E-state index in [2.05, 4.69) is 9.62 Å². The number of ether oxygens (including phenoxy) is 1. The van der Waals surface area contributed by atoms with E-state index in [4.69, 9.17) is 4.74 Å². The third-order valence-electron chi connectivity index (χ3n) is 4.60. The molecule has 1 N–H and O–H groups in total.